The Morgan fingerprint density at radius 3 is 2.59 bits per heavy atom. The van der Waals surface area contributed by atoms with Gasteiger partial charge in [0.25, 0.3) is 5.56 Å². The first-order valence-electron chi connectivity index (χ1n) is 8.42. The molecule has 1 aromatic carbocycles. The zero-order valence-electron chi connectivity index (χ0n) is 15.3. The number of carbonyl (C=O) groups excluding carboxylic acids is 2. The Kier molecular flexibility index (Phi) is 6.95. The van der Waals surface area contributed by atoms with Crippen molar-refractivity contribution in [3.63, 3.8) is 0 Å². The van der Waals surface area contributed by atoms with Gasteiger partial charge in [0.05, 0.1) is 5.25 Å². The smallest absolute Gasteiger partial charge is 0.275 e. The van der Waals surface area contributed by atoms with Crippen molar-refractivity contribution < 1.29 is 9.59 Å². The molecule has 0 saturated carbocycles. The number of ketones is 1. The van der Waals surface area contributed by atoms with Gasteiger partial charge in [0.15, 0.2) is 10.9 Å². The summed E-state index contributed by atoms with van der Waals surface area (Å²) in [6.07, 6.45) is 2.17. The van der Waals surface area contributed by atoms with Gasteiger partial charge in [-0.3, -0.25) is 14.4 Å². The third-order valence-corrected chi connectivity index (χ3v) is 5.16. The van der Waals surface area contributed by atoms with Gasteiger partial charge in [0.1, 0.15) is 5.82 Å². The lowest BCUT2D eigenvalue weighted by molar-refractivity contribution is -0.115. The topological polar surface area (TPSA) is 107 Å². The second-order valence-corrected chi connectivity index (χ2v) is 7.01. The van der Waals surface area contributed by atoms with Gasteiger partial charge < -0.3 is 15.6 Å². The number of hydrogen-bond donors (Lipinski definition) is 2. The van der Waals surface area contributed by atoms with Crippen molar-refractivity contribution in [2.24, 2.45) is 0 Å². The highest BCUT2D eigenvalue weighted by atomic mass is 32.2. The molecule has 0 aliphatic rings. The number of amides is 1. The molecule has 2 aromatic rings. The van der Waals surface area contributed by atoms with Crippen LogP contribution in [-0.4, -0.2) is 26.5 Å². The van der Waals surface area contributed by atoms with E-state index in [2.05, 4.69) is 16.9 Å². The second kappa shape index (κ2) is 9.18. The van der Waals surface area contributed by atoms with Crippen LogP contribution in [0.3, 0.4) is 0 Å². The molecule has 1 aromatic heterocycles. The number of rotatable bonds is 8. The Morgan fingerprint density at radius 2 is 2.04 bits per heavy atom. The van der Waals surface area contributed by atoms with E-state index in [1.165, 1.54) is 24.8 Å². The molecule has 142 valence electrons. The molecular weight excluding hydrogens is 364 g/mol. The van der Waals surface area contributed by atoms with Crippen LogP contribution in [0.4, 0.5) is 11.5 Å². The third kappa shape index (κ3) is 5.30. The fourth-order valence-electron chi connectivity index (χ4n) is 2.36. The predicted octanol–water partition coefficient (Wildman–Crippen LogP) is 2.72. The van der Waals surface area contributed by atoms with Gasteiger partial charge in [-0.1, -0.05) is 24.8 Å². The molecule has 0 fully saturated rings. The summed E-state index contributed by atoms with van der Waals surface area (Å²) in [6, 6.07) is 7.92. The number of thioether (sulfide) groups is 1. The molecule has 27 heavy (non-hydrogen) atoms. The van der Waals surface area contributed by atoms with Crippen LogP contribution in [0.5, 0.6) is 0 Å². The summed E-state index contributed by atoms with van der Waals surface area (Å²) in [5.74, 6) is 0.00943. The van der Waals surface area contributed by atoms with Gasteiger partial charge in [-0.15, -0.1) is 6.58 Å². The summed E-state index contributed by atoms with van der Waals surface area (Å²) >= 11 is 1.18. The van der Waals surface area contributed by atoms with Crippen molar-refractivity contribution in [1.29, 1.82) is 0 Å². The fourth-order valence-corrected chi connectivity index (χ4v) is 3.40. The van der Waals surface area contributed by atoms with Crippen LogP contribution in [0, 0.1) is 0 Å². The second-order valence-electron chi connectivity index (χ2n) is 5.84. The van der Waals surface area contributed by atoms with E-state index in [9.17, 15) is 14.4 Å². The lowest BCUT2D eigenvalue weighted by Gasteiger charge is -2.18. The minimum Gasteiger partial charge on any atom is -0.385 e. The first kappa shape index (κ1) is 20.4. The zero-order chi connectivity index (χ0) is 20.0. The number of hydrogen-bond acceptors (Lipinski definition) is 6. The number of Topliss-reactive ketones (excluding diaryl/α,β-unsaturated/α-hetero) is 1. The number of anilines is 2. The molecule has 8 heteroatoms. The first-order chi connectivity index (χ1) is 12.8. The minimum atomic E-state index is -0.470. The summed E-state index contributed by atoms with van der Waals surface area (Å²) < 4.78 is 1.64. The van der Waals surface area contributed by atoms with Crippen molar-refractivity contribution in [3.8, 4) is 0 Å². The fraction of sp³-hybridized carbons (Fsp3) is 0.263. The monoisotopic (exact) mass is 386 g/mol. The molecule has 2 rings (SSSR count). The summed E-state index contributed by atoms with van der Waals surface area (Å²) in [5.41, 5.74) is 6.61. The molecule has 0 bridgehead atoms. The van der Waals surface area contributed by atoms with Crippen LogP contribution in [0.1, 0.15) is 30.6 Å². The van der Waals surface area contributed by atoms with Crippen LogP contribution >= 0.6 is 11.8 Å². The van der Waals surface area contributed by atoms with Crippen LogP contribution < -0.4 is 16.6 Å². The maximum absolute atomic E-state index is 12.6. The van der Waals surface area contributed by atoms with Crippen molar-refractivity contribution in [3.05, 3.63) is 58.9 Å². The summed E-state index contributed by atoms with van der Waals surface area (Å²) in [5, 5.41) is 2.72. The van der Waals surface area contributed by atoms with E-state index in [0.29, 0.717) is 29.4 Å². The molecule has 1 unspecified atom stereocenters. The Morgan fingerprint density at radius 1 is 1.37 bits per heavy atom. The number of nitrogen functional groups attached to an aromatic ring is 1. The van der Waals surface area contributed by atoms with Crippen LogP contribution in [0.2, 0.25) is 0 Å². The molecule has 7 nitrogen and oxygen atoms in total. The SMILES string of the molecule is C=CCn1c(N)cc(=O)nc1SC(CC)C(=O)Nc1ccc(C(C)=O)cc1. The number of nitrogens with two attached hydrogens (primary N) is 1. The molecule has 0 aliphatic carbocycles. The van der Waals surface area contributed by atoms with Crippen molar-refractivity contribution >= 4 is 35.0 Å². The molecule has 1 amide bonds. The maximum Gasteiger partial charge on any atom is 0.275 e. The standard InChI is InChI=1S/C19H22N4O3S/c1-4-10-23-16(20)11-17(25)22-19(23)27-15(5-2)18(26)21-14-8-6-13(7-9-14)12(3)24/h4,6-9,11,15H,1,5,10,20H2,2-3H3,(H,21,26). The van der Waals surface area contributed by atoms with Crippen molar-refractivity contribution in [2.45, 2.75) is 37.2 Å². The molecule has 3 N–H and O–H groups in total. The highest BCUT2D eigenvalue weighted by molar-refractivity contribution is 8.00. The summed E-state index contributed by atoms with van der Waals surface area (Å²) in [7, 11) is 0. The Labute approximate surface area is 161 Å². The molecule has 1 atom stereocenters. The molecule has 0 saturated heterocycles. The van der Waals surface area contributed by atoms with E-state index < -0.39 is 10.8 Å². The van der Waals surface area contributed by atoms with Crippen molar-refractivity contribution in [2.75, 3.05) is 11.1 Å². The quantitative estimate of drug-likeness (QED) is 0.313. The van der Waals surface area contributed by atoms with Crippen molar-refractivity contribution in [1.82, 2.24) is 9.55 Å². The van der Waals surface area contributed by atoms with Gasteiger partial charge in [-0.25, -0.2) is 0 Å². The normalized spacial score (nSPS) is 11.6. The Bertz CT molecular complexity index is 906. The van der Waals surface area contributed by atoms with Crippen LogP contribution in [0.15, 0.2) is 52.9 Å². The number of carbonyl (C=O) groups is 2. The Balaban J connectivity index is 2.19. The van der Waals surface area contributed by atoms with Crippen LogP contribution in [-0.2, 0) is 11.3 Å². The molecule has 1 heterocycles. The van der Waals surface area contributed by atoms with E-state index in [1.807, 2.05) is 6.92 Å². The number of benzene rings is 1. The van der Waals surface area contributed by atoms with Gasteiger partial charge in [-0.05, 0) is 37.6 Å². The number of nitrogens with one attached hydrogen (secondary N) is 1. The van der Waals surface area contributed by atoms with Gasteiger partial charge in [0.2, 0.25) is 5.91 Å². The maximum atomic E-state index is 12.6. The van der Waals surface area contributed by atoms with E-state index in [0.717, 1.165) is 0 Å². The number of aromatic nitrogens is 2. The zero-order valence-corrected chi connectivity index (χ0v) is 16.1. The third-order valence-electron chi connectivity index (χ3n) is 3.80. The van der Waals surface area contributed by atoms with Crippen LogP contribution in [0.25, 0.3) is 0 Å². The molecular formula is C19H22N4O3S. The minimum absolute atomic E-state index is 0.0391. The van der Waals surface area contributed by atoms with E-state index in [1.54, 1.807) is 34.9 Å². The lowest BCUT2D eigenvalue weighted by Crippen LogP contribution is -2.26. The highest BCUT2D eigenvalue weighted by Gasteiger charge is 2.21. The largest absolute Gasteiger partial charge is 0.385 e. The summed E-state index contributed by atoms with van der Waals surface area (Å²) in [6.45, 7) is 7.41. The molecule has 0 aliphatic heterocycles. The predicted molar refractivity (Wildman–Crippen MR) is 108 cm³/mol. The molecule has 0 spiro atoms. The summed E-state index contributed by atoms with van der Waals surface area (Å²) in [4.78, 5) is 39.7. The van der Waals surface area contributed by atoms with E-state index in [-0.39, 0.29) is 17.5 Å². The van der Waals surface area contributed by atoms with Gasteiger partial charge in [0, 0.05) is 23.9 Å². The average molecular weight is 386 g/mol. The van der Waals surface area contributed by atoms with E-state index in [4.69, 9.17) is 5.73 Å². The number of nitrogens with zero attached hydrogens (tertiary/aromatic N) is 2. The Hall–Kier alpha value is -2.87. The average Bonchev–Trinajstić information content (AvgIpc) is 2.62. The van der Waals surface area contributed by atoms with Gasteiger partial charge in [-0.2, -0.15) is 4.98 Å². The number of allylic oxidation sites excluding steroid dienone is 1. The lowest BCUT2D eigenvalue weighted by atomic mass is 10.1. The molecule has 0 radical (unpaired) electrons. The highest BCUT2D eigenvalue weighted by Crippen LogP contribution is 2.26. The van der Waals surface area contributed by atoms with E-state index >= 15 is 0 Å². The van der Waals surface area contributed by atoms with Gasteiger partial charge >= 0.3 is 0 Å². The first-order valence-corrected chi connectivity index (χ1v) is 9.30.